The molecule has 0 spiro atoms. The number of carboxylic acid groups (broad SMARTS) is 1. The molecule has 0 saturated heterocycles. The molecule has 0 bridgehead atoms. The summed E-state index contributed by atoms with van der Waals surface area (Å²) in [7, 11) is 1.22. The van der Waals surface area contributed by atoms with E-state index in [9.17, 15) is 19.7 Å². The van der Waals surface area contributed by atoms with Crippen molar-refractivity contribution in [2.75, 3.05) is 11.9 Å². The number of carboxylic acids is 1. The molecule has 0 atom stereocenters. The molecule has 1 heterocycles. The van der Waals surface area contributed by atoms with Crippen molar-refractivity contribution in [3.8, 4) is 0 Å². The van der Waals surface area contributed by atoms with E-state index in [1.54, 1.807) is 20.8 Å². The summed E-state index contributed by atoms with van der Waals surface area (Å²) in [6.07, 6.45) is 0.202. The highest BCUT2D eigenvalue weighted by Gasteiger charge is 2.31. The molecule has 1 N–H and O–H groups in total. The summed E-state index contributed by atoms with van der Waals surface area (Å²) in [5.74, 6) is -1.88. The molecule has 21 heavy (non-hydrogen) atoms. The van der Waals surface area contributed by atoms with E-state index in [1.165, 1.54) is 7.05 Å². The molecule has 114 valence electrons. The number of aromatic carboxylic acids is 1. The number of carbonyl (C=O) groups is 2. The van der Waals surface area contributed by atoms with Crippen molar-refractivity contribution < 1.29 is 24.4 Å². The second-order valence-electron chi connectivity index (χ2n) is 5.13. The van der Waals surface area contributed by atoms with E-state index >= 15 is 0 Å². The molecule has 9 heteroatoms. The van der Waals surface area contributed by atoms with Crippen molar-refractivity contribution in [3.05, 3.63) is 27.9 Å². The summed E-state index contributed by atoms with van der Waals surface area (Å²) < 4.78 is 5.07. The van der Waals surface area contributed by atoms with E-state index in [-0.39, 0.29) is 0 Å². The molecule has 0 radical (unpaired) electrons. The number of aromatic nitrogens is 1. The number of amides is 1. The Morgan fingerprint density at radius 1 is 1.43 bits per heavy atom. The fraction of sp³-hybridized carbons (Fsp3) is 0.417. The van der Waals surface area contributed by atoms with Crippen LogP contribution in [0.2, 0.25) is 0 Å². The molecule has 0 aromatic carbocycles. The van der Waals surface area contributed by atoms with Crippen molar-refractivity contribution in [2.24, 2.45) is 0 Å². The molecule has 1 aromatic heterocycles. The first-order chi connectivity index (χ1) is 9.54. The fourth-order valence-corrected chi connectivity index (χ4v) is 1.46. The van der Waals surface area contributed by atoms with Gasteiger partial charge in [-0.05, 0) is 26.8 Å². The van der Waals surface area contributed by atoms with E-state index in [0.29, 0.717) is 0 Å². The molecule has 1 aromatic rings. The molecule has 9 nitrogen and oxygen atoms in total. The molecule has 0 unspecified atom stereocenters. The average molecular weight is 297 g/mol. The Bertz CT molecular complexity index is 593. The molecular formula is C12H15N3O6. The second kappa shape index (κ2) is 5.73. The summed E-state index contributed by atoms with van der Waals surface area (Å²) in [6.45, 7) is 4.90. The highest BCUT2D eigenvalue weighted by atomic mass is 16.6. The molecule has 0 aliphatic rings. The molecule has 0 fully saturated rings. The topological polar surface area (TPSA) is 123 Å². The summed E-state index contributed by atoms with van der Waals surface area (Å²) in [5, 5.41) is 20.1. The lowest BCUT2D eigenvalue weighted by atomic mass is 10.2. The van der Waals surface area contributed by atoms with Gasteiger partial charge in [0.1, 0.15) is 11.2 Å². The predicted molar refractivity (Wildman–Crippen MR) is 72.5 cm³/mol. The van der Waals surface area contributed by atoms with Crippen molar-refractivity contribution >= 4 is 23.6 Å². The number of nitro groups is 1. The minimum Gasteiger partial charge on any atom is -0.477 e. The third-order valence-electron chi connectivity index (χ3n) is 2.30. The van der Waals surface area contributed by atoms with Crippen LogP contribution >= 0.6 is 0 Å². The van der Waals surface area contributed by atoms with Crippen LogP contribution in [-0.4, -0.2) is 39.7 Å². The Balaban J connectivity index is 3.30. The zero-order valence-corrected chi connectivity index (χ0v) is 12.0. The Morgan fingerprint density at radius 2 is 2.00 bits per heavy atom. The van der Waals surface area contributed by atoms with Gasteiger partial charge in [0, 0.05) is 13.2 Å². The zero-order chi connectivity index (χ0) is 16.4. The van der Waals surface area contributed by atoms with Gasteiger partial charge in [-0.15, -0.1) is 0 Å². The van der Waals surface area contributed by atoms with E-state index in [0.717, 1.165) is 17.2 Å². The van der Waals surface area contributed by atoms with Gasteiger partial charge in [-0.1, -0.05) is 0 Å². The number of pyridine rings is 1. The SMILES string of the molecule is CN(C(=O)OC(C)(C)C)c1nccc(C(=O)O)c1[N+](=O)[O-]. The fourth-order valence-electron chi connectivity index (χ4n) is 1.46. The number of rotatable bonds is 3. The van der Waals surface area contributed by atoms with E-state index < -0.39 is 39.7 Å². The highest BCUT2D eigenvalue weighted by molar-refractivity contribution is 5.97. The largest absolute Gasteiger partial charge is 0.477 e. The van der Waals surface area contributed by atoms with Crippen molar-refractivity contribution in [2.45, 2.75) is 26.4 Å². The molecule has 1 amide bonds. The number of nitrogens with zero attached hydrogens (tertiary/aromatic N) is 3. The molecule has 0 aliphatic carbocycles. The Kier molecular flexibility index (Phi) is 4.46. The quantitative estimate of drug-likeness (QED) is 0.669. The van der Waals surface area contributed by atoms with Crippen LogP contribution in [0, 0.1) is 10.1 Å². The van der Waals surface area contributed by atoms with Gasteiger partial charge >= 0.3 is 17.7 Å². The average Bonchev–Trinajstić information content (AvgIpc) is 2.34. The highest BCUT2D eigenvalue weighted by Crippen LogP contribution is 2.29. The summed E-state index contributed by atoms with van der Waals surface area (Å²) in [5.41, 5.74) is -2.12. The predicted octanol–water partition coefficient (Wildman–Crippen LogP) is 2.06. The van der Waals surface area contributed by atoms with Crippen LogP contribution in [0.3, 0.4) is 0 Å². The van der Waals surface area contributed by atoms with Gasteiger partial charge in [0.2, 0.25) is 5.82 Å². The third-order valence-corrected chi connectivity index (χ3v) is 2.30. The molecule has 0 saturated carbocycles. The third kappa shape index (κ3) is 3.88. The van der Waals surface area contributed by atoms with Crippen LogP contribution in [0.5, 0.6) is 0 Å². The minimum absolute atomic E-state index is 0.394. The van der Waals surface area contributed by atoms with Crippen LogP contribution in [0.4, 0.5) is 16.3 Å². The van der Waals surface area contributed by atoms with Gasteiger partial charge < -0.3 is 9.84 Å². The lowest BCUT2D eigenvalue weighted by Crippen LogP contribution is -2.35. The monoisotopic (exact) mass is 297 g/mol. The normalized spacial score (nSPS) is 10.9. The smallest absolute Gasteiger partial charge is 0.415 e. The number of ether oxygens (including phenoxy) is 1. The van der Waals surface area contributed by atoms with Crippen molar-refractivity contribution in [1.29, 1.82) is 0 Å². The van der Waals surface area contributed by atoms with Crippen molar-refractivity contribution in [1.82, 2.24) is 4.98 Å². The van der Waals surface area contributed by atoms with Gasteiger partial charge in [-0.2, -0.15) is 0 Å². The van der Waals surface area contributed by atoms with E-state index in [2.05, 4.69) is 4.98 Å². The Morgan fingerprint density at radius 3 is 2.43 bits per heavy atom. The maximum atomic E-state index is 11.9. The number of carbonyl (C=O) groups excluding carboxylic acids is 1. The maximum absolute atomic E-state index is 11.9. The summed E-state index contributed by atoms with van der Waals surface area (Å²) in [6, 6.07) is 0.993. The standard InChI is InChI=1S/C12H15N3O6/c1-12(2,3)21-11(18)14(4)9-8(15(19)20)7(10(16)17)5-6-13-9/h5-6H,1-4H3,(H,16,17). The minimum atomic E-state index is -1.48. The Labute approximate surface area is 120 Å². The molecule has 1 rings (SSSR count). The van der Waals surface area contributed by atoms with E-state index in [1.807, 2.05) is 0 Å². The maximum Gasteiger partial charge on any atom is 0.415 e. The summed E-state index contributed by atoms with van der Waals surface area (Å²) >= 11 is 0. The van der Waals surface area contributed by atoms with Crippen LogP contribution < -0.4 is 4.90 Å². The first kappa shape index (κ1) is 16.3. The Hall–Kier alpha value is -2.71. The van der Waals surface area contributed by atoms with Gasteiger partial charge in [0.25, 0.3) is 0 Å². The number of hydrogen-bond donors (Lipinski definition) is 1. The zero-order valence-electron chi connectivity index (χ0n) is 12.0. The molecular weight excluding hydrogens is 282 g/mol. The van der Waals surface area contributed by atoms with Crippen LogP contribution in [0.1, 0.15) is 31.1 Å². The number of anilines is 1. The second-order valence-corrected chi connectivity index (χ2v) is 5.13. The first-order valence-corrected chi connectivity index (χ1v) is 5.88. The van der Waals surface area contributed by atoms with Gasteiger partial charge in [0.05, 0.1) is 4.92 Å². The molecule has 0 aliphatic heterocycles. The van der Waals surface area contributed by atoms with Gasteiger partial charge in [-0.3, -0.25) is 15.0 Å². The lowest BCUT2D eigenvalue weighted by molar-refractivity contribution is -0.384. The van der Waals surface area contributed by atoms with Crippen LogP contribution in [0.15, 0.2) is 12.3 Å². The van der Waals surface area contributed by atoms with Crippen molar-refractivity contribution in [3.63, 3.8) is 0 Å². The first-order valence-electron chi connectivity index (χ1n) is 5.88. The van der Waals surface area contributed by atoms with Crippen LogP contribution in [0.25, 0.3) is 0 Å². The van der Waals surface area contributed by atoms with Gasteiger partial charge in [-0.25, -0.2) is 14.6 Å². The van der Waals surface area contributed by atoms with E-state index in [4.69, 9.17) is 9.84 Å². The lowest BCUT2D eigenvalue weighted by Gasteiger charge is -2.24. The number of hydrogen-bond acceptors (Lipinski definition) is 6. The van der Waals surface area contributed by atoms with Gasteiger partial charge in [0.15, 0.2) is 0 Å². The van der Waals surface area contributed by atoms with Crippen LogP contribution in [-0.2, 0) is 4.74 Å². The summed E-state index contributed by atoms with van der Waals surface area (Å²) in [4.78, 5) is 37.6.